The molecule has 9 nitrogen and oxygen atoms in total. The Kier molecular flexibility index (Phi) is 11.0. The molecule has 15 heteroatoms. The lowest BCUT2D eigenvalue weighted by Crippen LogP contribution is -2.11. The number of aromatic nitrogens is 1. The van der Waals surface area contributed by atoms with Crippen LogP contribution in [0.2, 0.25) is 0 Å². The summed E-state index contributed by atoms with van der Waals surface area (Å²) in [7, 11) is -9.20. The molecule has 0 fully saturated rings. The van der Waals surface area contributed by atoms with E-state index in [0.29, 0.717) is 38.2 Å². The van der Waals surface area contributed by atoms with Crippen LogP contribution in [0, 0.1) is 0 Å². The van der Waals surface area contributed by atoms with Crippen LogP contribution in [-0.2, 0) is 41.0 Å². The Labute approximate surface area is 258 Å². The van der Waals surface area contributed by atoms with Gasteiger partial charge in [0, 0.05) is 33.0 Å². The van der Waals surface area contributed by atoms with E-state index in [2.05, 4.69) is 30.4 Å². The first-order valence-electron chi connectivity index (χ1n) is 12.7. The van der Waals surface area contributed by atoms with Crippen molar-refractivity contribution in [1.29, 1.82) is 0 Å². The second-order valence-corrected chi connectivity index (χ2v) is 15.1. The molecule has 0 spiro atoms. The molecule has 0 aliphatic heterocycles. The normalized spacial score (nSPS) is 12.9. The number of hydrogen-bond donors (Lipinski definition) is 3. The van der Waals surface area contributed by atoms with E-state index in [1.807, 2.05) is 24.3 Å². The average molecular weight is 716 g/mol. The number of hydrogen-bond acceptors (Lipinski definition) is 7. The monoisotopic (exact) mass is 715 g/mol. The maximum absolute atomic E-state index is 12.4. The van der Waals surface area contributed by atoms with Crippen LogP contribution >= 0.6 is 42.9 Å². The average Bonchev–Trinajstić information content (AvgIpc) is 2.97. The van der Waals surface area contributed by atoms with Gasteiger partial charge in [0.05, 0.1) is 23.4 Å². The summed E-state index contributed by atoms with van der Waals surface area (Å²) in [5.41, 5.74) is 4.22. The third-order valence-electron chi connectivity index (χ3n) is 6.61. The van der Waals surface area contributed by atoms with Crippen LogP contribution in [0.25, 0.3) is 22.0 Å². The summed E-state index contributed by atoms with van der Waals surface area (Å²) in [4.78, 5) is 35.7. The topological polar surface area (TPSA) is 143 Å². The highest BCUT2D eigenvalue weighted by Crippen LogP contribution is 2.53. The molecule has 1 unspecified atom stereocenters. The molecule has 3 N–H and O–H groups in total. The van der Waals surface area contributed by atoms with Gasteiger partial charge in [0.2, 0.25) is 0 Å². The lowest BCUT2D eigenvalue weighted by Gasteiger charge is -2.14. The van der Waals surface area contributed by atoms with E-state index in [-0.39, 0.29) is 17.2 Å². The Morgan fingerprint density at radius 1 is 0.953 bits per heavy atom. The number of halogens is 3. The predicted octanol–water partition coefficient (Wildman–Crippen LogP) is 7.97. The smallest absolute Gasteiger partial charge is 0.399 e. The van der Waals surface area contributed by atoms with E-state index in [1.54, 1.807) is 55.1 Å². The number of nitrogens with zero attached hydrogens (tertiary/aromatic N) is 1. The zero-order valence-corrected chi connectivity index (χ0v) is 26.7. The SMILES string of the molecule is CC(CC(=O)O)c1ccc2cc(-c3ccc(CSCc4ccc(CP(=O)(OF)OF)c(Br)c4)cc3)cc(P(=O)(O)O)c2n1. The van der Waals surface area contributed by atoms with Crippen molar-refractivity contribution in [3.63, 3.8) is 0 Å². The molecular weight excluding hydrogens is 690 g/mol. The first kappa shape index (κ1) is 33.4. The molecule has 1 heterocycles. The van der Waals surface area contributed by atoms with Crippen LogP contribution in [0.4, 0.5) is 9.05 Å². The number of thioether (sulfide) groups is 1. The van der Waals surface area contributed by atoms with Crippen LogP contribution < -0.4 is 5.30 Å². The number of fused-ring (bicyclic) bond motifs is 1. The van der Waals surface area contributed by atoms with E-state index in [1.165, 1.54) is 6.07 Å². The molecule has 4 rings (SSSR count). The Bertz CT molecular complexity index is 1730. The molecule has 3 aromatic carbocycles. The molecule has 1 aromatic heterocycles. The van der Waals surface area contributed by atoms with Crippen molar-refractivity contribution in [3.8, 4) is 11.1 Å². The Morgan fingerprint density at radius 3 is 2.21 bits per heavy atom. The number of carbonyl (C=O) groups is 1. The summed E-state index contributed by atoms with van der Waals surface area (Å²) in [6.07, 6.45) is -0.730. The van der Waals surface area contributed by atoms with Gasteiger partial charge in [0.1, 0.15) is 0 Å². The van der Waals surface area contributed by atoms with Gasteiger partial charge in [0.25, 0.3) is 0 Å². The van der Waals surface area contributed by atoms with E-state index in [9.17, 15) is 32.8 Å². The fourth-order valence-electron chi connectivity index (χ4n) is 4.42. The highest BCUT2D eigenvalue weighted by molar-refractivity contribution is 9.10. The first-order valence-corrected chi connectivity index (χ1v) is 18.0. The zero-order chi connectivity index (χ0) is 31.4. The number of rotatable bonds is 13. The minimum Gasteiger partial charge on any atom is -0.481 e. The Balaban J connectivity index is 1.47. The summed E-state index contributed by atoms with van der Waals surface area (Å²) in [5.74, 6) is -0.144. The van der Waals surface area contributed by atoms with Crippen molar-refractivity contribution in [2.45, 2.75) is 36.9 Å². The Hall–Kier alpha value is -2.47. The van der Waals surface area contributed by atoms with Crippen molar-refractivity contribution >= 4 is 65.1 Å². The Morgan fingerprint density at radius 2 is 1.60 bits per heavy atom. The molecule has 1 atom stereocenters. The second-order valence-electron chi connectivity index (χ2n) is 9.87. The first-order chi connectivity index (χ1) is 20.3. The largest absolute Gasteiger partial charge is 0.481 e. The van der Waals surface area contributed by atoms with Gasteiger partial charge in [-0.1, -0.05) is 65.3 Å². The molecule has 43 heavy (non-hydrogen) atoms. The summed E-state index contributed by atoms with van der Waals surface area (Å²) in [6.45, 7) is 1.69. The van der Waals surface area contributed by atoms with Gasteiger partial charge in [-0.2, -0.15) is 11.8 Å². The lowest BCUT2D eigenvalue weighted by molar-refractivity contribution is -0.137. The van der Waals surface area contributed by atoms with E-state index in [0.717, 1.165) is 16.7 Å². The van der Waals surface area contributed by atoms with Crippen LogP contribution in [-0.4, -0.2) is 25.8 Å². The van der Waals surface area contributed by atoms with Crippen LogP contribution in [0.15, 0.2) is 71.2 Å². The minimum absolute atomic E-state index is 0.139. The van der Waals surface area contributed by atoms with Gasteiger partial charge in [-0.05, 0) is 61.1 Å². The zero-order valence-electron chi connectivity index (χ0n) is 22.5. The standard InChI is InChI=1S/C28H26BrF2NO8P2S/c1-17(10-27(33)34)25-9-8-21-12-23(13-26(28(21)32-25)42(36,37)38)20-5-2-18(3-6-20)15-43-16-19-4-7-22(24(29)11-19)14-41(35,39-30)40-31/h2-9,11-13,17H,10,14-16H2,1H3,(H,33,34)(H2,36,37,38). The number of carboxylic acids is 1. The maximum atomic E-state index is 12.4. The molecule has 0 aliphatic rings. The van der Waals surface area contributed by atoms with Crippen molar-refractivity contribution in [2.24, 2.45) is 0 Å². The number of pyridine rings is 1. The second kappa shape index (κ2) is 14.1. The predicted molar refractivity (Wildman–Crippen MR) is 164 cm³/mol. The third-order valence-corrected chi connectivity index (χ3v) is 10.5. The van der Waals surface area contributed by atoms with Crippen LogP contribution in [0.5, 0.6) is 0 Å². The molecule has 4 aromatic rings. The van der Waals surface area contributed by atoms with Gasteiger partial charge in [-0.25, -0.2) is 0 Å². The minimum atomic E-state index is -4.71. The molecule has 0 saturated carbocycles. The van der Waals surface area contributed by atoms with Crippen molar-refractivity contribution in [1.82, 2.24) is 4.98 Å². The molecule has 228 valence electrons. The number of benzene rings is 3. The van der Waals surface area contributed by atoms with Crippen LogP contribution in [0.3, 0.4) is 0 Å². The fourth-order valence-corrected chi connectivity index (χ4v) is 7.72. The molecule has 0 amide bonds. The van der Waals surface area contributed by atoms with Gasteiger partial charge in [-0.3, -0.25) is 18.9 Å². The summed E-state index contributed by atoms with van der Waals surface area (Å²) < 4.78 is 55.7. The summed E-state index contributed by atoms with van der Waals surface area (Å²) >= 11 is 4.93. The van der Waals surface area contributed by atoms with Gasteiger partial charge in [-0.15, -0.1) is 9.46 Å². The van der Waals surface area contributed by atoms with Crippen molar-refractivity contribution in [3.05, 3.63) is 93.6 Å². The summed E-state index contributed by atoms with van der Waals surface area (Å²) in [6, 6.07) is 19.2. The third kappa shape index (κ3) is 8.59. The van der Waals surface area contributed by atoms with Crippen LogP contribution in [0.1, 0.15) is 41.6 Å². The van der Waals surface area contributed by atoms with E-state index < -0.39 is 33.2 Å². The number of aliphatic carboxylic acids is 1. The highest BCUT2D eigenvalue weighted by Gasteiger charge is 2.29. The molecule has 0 radical (unpaired) electrons. The van der Waals surface area contributed by atoms with E-state index >= 15 is 0 Å². The van der Waals surface area contributed by atoms with Gasteiger partial charge in [0.15, 0.2) is 0 Å². The highest BCUT2D eigenvalue weighted by atomic mass is 79.9. The van der Waals surface area contributed by atoms with Crippen molar-refractivity contribution < 1.29 is 47.3 Å². The fraction of sp³-hybridized carbons (Fsp3) is 0.214. The number of carboxylic acid groups (broad SMARTS) is 1. The van der Waals surface area contributed by atoms with Gasteiger partial charge >= 0.3 is 21.2 Å². The van der Waals surface area contributed by atoms with Gasteiger partial charge < -0.3 is 14.9 Å². The molecular formula is C28H26BrF2NO8P2S. The molecule has 0 bridgehead atoms. The maximum Gasteiger partial charge on any atom is 0.399 e. The summed E-state index contributed by atoms with van der Waals surface area (Å²) in [5, 5.41) is 9.40. The van der Waals surface area contributed by atoms with Crippen molar-refractivity contribution in [2.75, 3.05) is 0 Å². The quantitative estimate of drug-likeness (QED) is 0.117. The molecule has 0 aliphatic carbocycles. The lowest BCUT2D eigenvalue weighted by atomic mass is 9.99. The molecule has 0 saturated heterocycles. The van der Waals surface area contributed by atoms with E-state index in [4.69, 9.17) is 5.11 Å².